The molecule has 0 bridgehead atoms. The summed E-state index contributed by atoms with van der Waals surface area (Å²) in [4.78, 5) is 10.8. The first-order chi connectivity index (χ1) is 8.99. The van der Waals surface area contributed by atoms with Gasteiger partial charge >= 0.3 is 5.97 Å². The van der Waals surface area contributed by atoms with Crippen LogP contribution in [0.2, 0.25) is 0 Å². The van der Waals surface area contributed by atoms with Crippen molar-refractivity contribution in [2.45, 2.75) is 6.92 Å². The van der Waals surface area contributed by atoms with E-state index in [1.54, 1.807) is 6.92 Å². The Morgan fingerprint density at radius 2 is 1.79 bits per heavy atom. The molecule has 5 heteroatoms. The fourth-order valence-electron chi connectivity index (χ4n) is 1.69. The number of rotatable bonds is 3. The number of hydrogen-bond donors (Lipinski definition) is 2. The highest BCUT2D eigenvalue weighted by Gasteiger charge is 2.11. The van der Waals surface area contributed by atoms with E-state index in [9.17, 15) is 13.6 Å². The van der Waals surface area contributed by atoms with Gasteiger partial charge in [-0.05, 0) is 42.8 Å². The van der Waals surface area contributed by atoms with Gasteiger partial charge in [-0.1, -0.05) is 6.07 Å². The number of anilines is 2. The summed E-state index contributed by atoms with van der Waals surface area (Å²) in [5.41, 5.74) is 0.905. The van der Waals surface area contributed by atoms with Gasteiger partial charge in [-0.2, -0.15) is 0 Å². The summed E-state index contributed by atoms with van der Waals surface area (Å²) in [5, 5.41) is 11.5. The molecule has 2 N–H and O–H groups in total. The van der Waals surface area contributed by atoms with Gasteiger partial charge < -0.3 is 10.4 Å². The van der Waals surface area contributed by atoms with E-state index in [1.807, 2.05) is 0 Å². The average Bonchev–Trinajstić information content (AvgIpc) is 2.35. The van der Waals surface area contributed by atoms with Gasteiger partial charge in [0.25, 0.3) is 0 Å². The van der Waals surface area contributed by atoms with Gasteiger partial charge in [-0.15, -0.1) is 0 Å². The van der Waals surface area contributed by atoms with Crippen molar-refractivity contribution in [1.82, 2.24) is 0 Å². The monoisotopic (exact) mass is 263 g/mol. The molecule has 0 fully saturated rings. The Balaban J connectivity index is 2.36. The fraction of sp³-hybridized carbons (Fsp3) is 0.0714. The Kier molecular flexibility index (Phi) is 3.46. The van der Waals surface area contributed by atoms with Crippen molar-refractivity contribution in [3.8, 4) is 0 Å². The smallest absolute Gasteiger partial charge is 0.335 e. The minimum absolute atomic E-state index is 0.122. The number of halogens is 2. The number of carbonyl (C=O) groups is 1. The standard InChI is InChI=1S/C14H11F2NO2/c1-8-7-9(14(18)19)5-6-12(8)17-13-10(15)3-2-4-11(13)16/h2-7,17H,1H3,(H,18,19). The lowest BCUT2D eigenvalue weighted by Crippen LogP contribution is -2.01. The maximum absolute atomic E-state index is 13.5. The number of benzene rings is 2. The number of carboxylic acid groups (broad SMARTS) is 1. The molecule has 2 aromatic rings. The van der Waals surface area contributed by atoms with E-state index in [1.165, 1.54) is 24.3 Å². The first-order valence-electron chi connectivity index (χ1n) is 5.54. The third-order valence-corrected chi connectivity index (χ3v) is 2.70. The summed E-state index contributed by atoms with van der Waals surface area (Å²) in [6, 6.07) is 7.85. The van der Waals surface area contributed by atoms with Crippen molar-refractivity contribution in [2.75, 3.05) is 5.32 Å². The Morgan fingerprint density at radius 1 is 1.16 bits per heavy atom. The van der Waals surface area contributed by atoms with Gasteiger partial charge in [0.05, 0.1) is 5.56 Å². The van der Waals surface area contributed by atoms with Crippen LogP contribution < -0.4 is 5.32 Å². The van der Waals surface area contributed by atoms with Gasteiger partial charge in [0.1, 0.15) is 17.3 Å². The summed E-state index contributed by atoms with van der Waals surface area (Å²) >= 11 is 0. The van der Waals surface area contributed by atoms with E-state index in [-0.39, 0.29) is 11.3 Å². The lowest BCUT2D eigenvalue weighted by molar-refractivity contribution is 0.0697. The molecule has 0 aliphatic carbocycles. The Labute approximate surface area is 108 Å². The lowest BCUT2D eigenvalue weighted by atomic mass is 10.1. The molecule has 0 aromatic heterocycles. The highest BCUT2D eigenvalue weighted by atomic mass is 19.1. The molecule has 3 nitrogen and oxygen atoms in total. The molecule has 0 saturated heterocycles. The number of hydrogen-bond acceptors (Lipinski definition) is 2. The van der Waals surface area contributed by atoms with E-state index in [2.05, 4.69) is 5.32 Å². The lowest BCUT2D eigenvalue weighted by Gasteiger charge is -2.11. The van der Waals surface area contributed by atoms with Crippen LogP contribution in [0.4, 0.5) is 20.2 Å². The van der Waals surface area contributed by atoms with Crippen molar-refractivity contribution >= 4 is 17.3 Å². The van der Waals surface area contributed by atoms with E-state index in [0.29, 0.717) is 11.3 Å². The fourth-order valence-corrected chi connectivity index (χ4v) is 1.69. The van der Waals surface area contributed by atoms with Crippen molar-refractivity contribution in [3.63, 3.8) is 0 Å². The number of carboxylic acids is 1. The molecule has 0 saturated carbocycles. The highest BCUT2D eigenvalue weighted by molar-refractivity contribution is 5.88. The normalized spacial score (nSPS) is 10.3. The molecule has 2 rings (SSSR count). The number of para-hydroxylation sites is 1. The van der Waals surface area contributed by atoms with E-state index in [0.717, 1.165) is 12.1 Å². The molecule has 98 valence electrons. The van der Waals surface area contributed by atoms with Crippen LogP contribution in [0.3, 0.4) is 0 Å². The van der Waals surface area contributed by atoms with Crippen LogP contribution in [0.25, 0.3) is 0 Å². The molecule has 0 amide bonds. The van der Waals surface area contributed by atoms with Crippen molar-refractivity contribution in [3.05, 3.63) is 59.2 Å². The second-order valence-corrected chi connectivity index (χ2v) is 4.06. The predicted octanol–water partition coefficient (Wildman–Crippen LogP) is 3.72. The summed E-state index contributed by atoms with van der Waals surface area (Å²) < 4.78 is 27.0. The number of aromatic carboxylic acids is 1. The van der Waals surface area contributed by atoms with Crippen LogP contribution in [-0.2, 0) is 0 Å². The summed E-state index contributed by atoms with van der Waals surface area (Å²) in [6.45, 7) is 1.66. The third kappa shape index (κ3) is 2.70. The molecule has 0 radical (unpaired) electrons. The second-order valence-electron chi connectivity index (χ2n) is 4.06. The molecule has 0 aliphatic rings. The quantitative estimate of drug-likeness (QED) is 0.887. The minimum atomic E-state index is -1.05. The van der Waals surface area contributed by atoms with Gasteiger partial charge in [-0.25, -0.2) is 13.6 Å². The topological polar surface area (TPSA) is 49.3 Å². The van der Waals surface area contributed by atoms with Gasteiger partial charge in [-0.3, -0.25) is 0 Å². The number of nitrogens with one attached hydrogen (secondary N) is 1. The number of aryl methyl sites for hydroxylation is 1. The van der Waals surface area contributed by atoms with Crippen LogP contribution in [-0.4, -0.2) is 11.1 Å². The van der Waals surface area contributed by atoms with Gasteiger partial charge in [0.2, 0.25) is 0 Å². The largest absolute Gasteiger partial charge is 0.478 e. The predicted molar refractivity (Wildman–Crippen MR) is 67.8 cm³/mol. The molecular formula is C14H11F2NO2. The third-order valence-electron chi connectivity index (χ3n) is 2.70. The van der Waals surface area contributed by atoms with Crippen LogP contribution in [0.15, 0.2) is 36.4 Å². The van der Waals surface area contributed by atoms with Crippen molar-refractivity contribution in [1.29, 1.82) is 0 Å². The van der Waals surface area contributed by atoms with Crippen molar-refractivity contribution < 1.29 is 18.7 Å². The van der Waals surface area contributed by atoms with Crippen molar-refractivity contribution in [2.24, 2.45) is 0 Å². The zero-order valence-electron chi connectivity index (χ0n) is 10.1. The summed E-state index contributed by atoms with van der Waals surface area (Å²) in [7, 11) is 0. The summed E-state index contributed by atoms with van der Waals surface area (Å²) in [6.07, 6.45) is 0. The molecule has 0 aliphatic heterocycles. The molecule has 0 unspecified atom stereocenters. The SMILES string of the molecule is Cc1cc(C(=O)O)ccc1Nc1c(F)cccc1F. The van der Waals surface area contributed by atoms with Gasteiger partial charge in [0.15, 0.2) is 0 Å². The Bertz CT molecular complexity index is 621. The molecule has 0 spiro atoms. The molecular weight excluding hydrogens is 252 g/mol. The van der Waals surface area contributed by atoms with Gasteiger partial charge in [0, 0.05) is 5.69 Å². The summed E-state index contributed by atoms with van der Waals surface area (Å²) in [5.74, 6) is -2.46. The van der Waals surface area contributed by atoms with Crippen LogP contribution in [0.5, 0.6) is 0 Å². The van der Waals surface area contributed by atoms with E-state index < -0.39 is 17.6 Å². The maximum atomic E-state index is 13.5. The zero-order chi connectivity index (χ0) is 14.0. The maximum Gasteiger partial charge on any atom is 0.335 e. The molecule has 0 heterocycles. The Hall–Kier alpha value is -2.43. The first kappa shape index (κ1) is 13.0. The van der Waals surface area contributed by atoms with E-state index >= 15 is 0 Å². The van der Waals surface area contributed by atoms with E-state index in [4.69, 9.17) is 5.11 Å². The van der Waals surface area contributed by atoms with Crippen LogP contribution in [0.1, 0.15) is 15.9 Å². The molecule has 19 heavy (non-hydrogen) atoms. The molecule has 0 atom stereocenters. The van der Waals surface area contributed by atoms with Crippen LogP contribution >= 0.6 is 0 Å². The average molecular weight is 263 g/mol. The highest BCUT2D eigenvalue weighted by Crippen LogP contribution is 2.25. The Morgan fingerprint density at radius 3 is 2.32 bits per heavy atom. The first-order valence-corrected chi connectivity index (χ1v) is 5.54. The van der Waals surface area contributed by atoms with Crippen LogP contribution in [0, 0.1) is 18.6 Å². The zero-order valence-corrected chi connectivity index (χ0v) is 10.1. The minimum Gasteiger partial charge on any atom is -0.478 e. The molecule has 2 aromatic carbocycles. The second kappa shape index (κ2) is 5.06.